The third kappa shape index (κ3) is 2.91. The molecule has 1 aliphatic heterocycles. The second-order valence-electron chi connectivity index (χ2n) is 4.33. The highest BCUT2D eigenvalue weighted by atomic mass is 16.4. The lowest BCUT2D eigenvalue weighted by Crippen LogP contribution is -2.43. The van der Waals surface area contributed by atoms with E-state index < -0.39 is 11.9 Å². The second kappa shape index (κ2) is 5.10. The number of carboxylic acids is 1. The van der Waals surface area contributed by atoms with E-state index in [0.717, 1.165) is 5.56 Å². The van der Waals surface area contributed by atoms with E-state index in [0.29, 0.717) is 26.1 Å². The summed E-state index contributed by atoms with van der Waals surface area (Å²) in [4.78, 5) is 24.4. The monoisotopic (exact) mass is 233 g/mol. The topological polar surface area (TPSA) is 57.6 Å². The smallest absolute Gasteiger partial charge is 0.315 e. The SMILES string of the molecule is O=C(O)C1CN(Cc2ccccc2)CCC1=O. The third-order valence-electron chi connectivity index (χ3n) is 3.05. The predicted molar refractivity (Wildman–Crippen MR) is 62.5 cm³/mol. The highest BCUT2D eigenvalue weighted by Gasteiger charge is 2.32. The first-order valence-corrected chi connectivity index (χ1v) is 5.68. The van der Waals surface area contributed by atoms with Crippen molar-refractivity contribution in [2.45, 2.75) is 13.0 Å². The molecule has 0 amide bonds. The fourth-order valence-electron chi connectivity index (χ4n) is 2.09. The largest absolute Gasteiger partial charge is 0.481 e. The van der Waals surface area contributed by atoms with Gasteiger partial charge >= 0.3 is 5.97 Å². The lowest BCUT2D eigenvalue weighted by molar-refractivity contribution is -0.148. The number of carbonyl (C=O) groups excluding carboxylic acids is 1. The molecule has 1 atom stereocenters. The van der Waals surface area contributed by atoms with Gasteiger partial charge in [0.05, 0.1) is 0 Å². The van der Waals surface area contributed by atoms with E-state index in [9.17, 15) is 9.59 Å². The van der Waals surface area contributed by atoms with E-state index in [1.165, 1.54) is 0 Å². The highest BCUT2D eigenvalue weighted by Crippen LogP contribution is 2.16. The Bertz CT molecular complexity index is 416. The summed E-state index contributed by atoms with van der Waals surface area (Å²) in [6.45, 7) is 1.68. The van der Waals surface area contributed by atoms with Crippen molar-refractivity contribution in [1.82, 2.24) is 4.90 Å². The molecule has 0 radical (unpaired) electrons. The van der Waals surface area contributed by atoms with E-state index in [1.54, 1.807) is 0 Å². The molecular weight excluding hydrogens is 218 g/mol. The van der Waals surface area contributed by atoms with Gasteiger partial charge in [0.15, 0.2) is 0 Å². The minimum absolute atomic E-state index is 0.151. The maximum absolute atomic E-state index is 11.4. The molecule has 4 nitrogen and oxygen atoms in total. The Hall–Kier alpha value is -1.68. The fraction of sp³-hybridized carbons (Fsp3) is 0.385. The van der Waals surface area contributed by atoms with Gasteiger partial charge in [-0.25, -0.2) is 0 Å². The van der Waals surface area contributed by atoms with Crippen LogP contribution in [-0.4, -0.2) is 34.8 Å². The molecule has 0 aromatic heterocycles. The Kier molecular flexibility index (Phi) is 3.54. The number of aliphatic carboxylic acids is 1. The summed E-state index contributed by atoms with van der Waals surface area (Å²) in [5.41, 5.74) is 1.14. The lowest BCUT2D eigenvalue weighted by atomic mass is 9.96. The van der Waals surface area contributed by atoms with Crippen LogP contribution in [0.1, 0.15) is 12.0 Å². The molecule has 0 aliphatic carbocycles. The van der Waals surface area contributed by atoms with Crippen molar-refractivity contribution in [2.24, 2.45) is 5.92 Å². The van der Waals surface area contributed by atoms with Crippen LogP contribution in [0.5, 0.6) is 0 Å². The summed E-state index contributed by atoms with van der Waals surface area (Å²) in [5, 5.41) is 8.95. The molecule has 1 saturated heterocycles. The number of rotatable bonds is 3. The van der Waals surface area contributed by atoms with E-state index in [4.69, 9.17) is 5.11 Å². The van der Waals surface area contributed by atoms with Crippen molar-refractivity contribution < 1.29 is 14.7 Å². The normalized spacial score (nSPS) is 21.4. The Morgan fingerprint density at radius 3 is 2.71 bits per heavy atom. The molecule has 0 saturated carbocycles. The van der Waals surface area contributed by atoms with Crippen molar-refractivity contribution in [2.75, 3.05) is 13.1 Å². The quantitative estimate of drug-likeness (QED) is 0.796. The Labute approximate surface area is 99.9 Å². The Morgan fingerprint density at radius 2 is 2.06 bits per heavy atom. The molecule has 2 rings (SSSR count). The van der Waals surface area contributed by atoms with E-state index in [2.05, 4.69) is 0 Å². The van der Waals surface area contributed by atoms with Gasteiger partial charge < -0.3 is 5.11 Å². The number of likely N-dealkylation sites (tertiary alicyclic amines) is 1. The average molecular weight is 233 g/mol. The third-order valence-corrected chi connectivity index (χ3v) is 3.05. The minimum Gasteiger partial charge on any atom is -0.481 e. The minimum atomic E-state index is -1.01. The van der Waals surface area contributed by atoms with Crippen molar-refractivity contribution in [3.63, 3.8) is 0 Å². The second-order valence-corrected chi connectivity index (χ2v) is 4.33. The van der Waals surface area contributed by atoms with Gasteiger partial charge in [0.25, 0.3) is 0 Å². The predicted octanol–water partition coefficient (Wildman–Crippen LogP) is 1.16. The van der Waals surface area contributed by atoms with E-state index >= 15 is 0 Å². The maximum Gasteiger partial charge on any atom is 0.315 e. The number of benzene rings is 1. The molecule has 1 heterocycles. The van der Waals surface area contributed by atoms with Crippen LogP contribution < -0.4 is 0 Å². The highest BCUT2D eigenvalue weighted by molar-refractivity contribution is 5.99. The van der Waals surface area contributed by atoms with Crippen molar-refractivity contribution in [3.8, 4) is 0 Å². The molecular formula is C13H15NO3. The molecule has 1 aromatic carbocycles. The average Bonchev–Trinajstić information content (AvgIpc) is 2.32. The number of hydrogen-bond donors (Lipinski definition) is 1. The van der Waals surface area contributed by atoms with Crippen molar-refractivity contribution in [1.29, 1.82) is 0 Å². The van der Waals surface area contributed by atoms with Crippen LogP contribution in [0.3, 0.4) is 0 Å². The van der Waals surface area contributed by atoms with Crippen LogP contribution in [0.25, 0.3) is 0 Å². The number of nitrogens with zero attached hydrogens (tertiary/aromatic N) is 1. The van der Waals surface area contributed by atoms with Crippen molar-refractivity contribution >= 4 is 11.8 Å². The van der Waals surface area contributed by atoms with Gasteiger partial charge in [0.2, 0.25) is 0 Å². The van der Waals surface area contributed by atoms with Gasteiger partial charge in [-0.3, -0.25) is 14.5 Å². The number of ketones is 1. The number of piperidine rings is 1. The van der Waals surface area contributed by atoms with Crippen LogP contribution in [0.4, 0.5) is 0 Å². The fourth-order valence-corrected chi connectivity index (χ4v) is 2.09. The number of Topliss-reactive ketones (excluding diaryl/α,β-unsaturated/α-hetero) is 1. The van der Waals surface area contributed by atoms with Gasteiger partial charge in [0, 0.05) is 26.1 Å². The van der Waals surface area contributed by atoms with Gasteiger partial charge in [0.1, 0.15) is 11.7 Å². The summed E-state index contributed by atoms with van der Waals surface area (Å²) in [7, 11) is 0. The summed E-state index contributed by atoms with van der Waals surface area (Å²) in [6.07, 6.45) is 0.337. The van der Waals surface area contributed by atoms with Crippen LogP contribution >= 0.6 is 0 Å². The number of carboxylic acid groups (broad SMARTS) is 1. The Balaban J connectivity index is 1.99. The zero-order valence-electron chi connectivity index (χ0n) is 9.50. The summed E-state index contributed by atoms with van der Waals surface area (Å²) in [5.74, 6) is -2.01. The van der Waals surface area contributed by atoms with Crippen molar-refractivity contribution in [3.05, 3.63) is 35.9 Å². The summed E-state index contributed by atoms with van der Waals surface area (Å²) < 4.78 is 0. The molecule has 90 valence electrons. The van der Waals surface area contributed by atoms with E-state index in [-0.39, 0.29) is 5.78 Å². The van der Waals surface area contributed by atoms with Crippen LogP contribution in [-0.2, 0) is 16.1 Å². The molecule has 1 N–H and O–H groups in total. The molecule has 0 spiro atoms. The number of carbonyl (C=O) groups is 2. The van der Waals surface area contributed by atoms with Crippen LogP contribution in [0.15, 0.2) is 30.3 Å². The van der Waals surface area contributed by atoms with Gasteiger partial charge in [-0.15, -0.1) is 0 Å². The molecule has 4 heteroatoms. The standard InChI is InChI=1S/C13H15NO3/c15-12-6-7-14(9-11(12)13(16)17)8-10-4-2-1-3-5-10/h1-5,11H,6-9H2,(H,16,17). The molecule has 1 unspecified atom stereocenters. The molecule has 1 aliphatic rings. The maximum atomic E-state index is 11.4. The van der Waals surface area contributed by atoms with Crippen LogP contribution in [0.2, 0.25) is 0 Å². The Morgan fingerprint density at radius 1 is 1.35 bits per heavy atom. The molecule has 1 fully saturated rings. The first-order valence-electron chi connectivity index (χ1n) is 5.68. The van der Waals surface area contributed by atoms with Gasteiger partial charge in [-0.1, -0.05) is 30.3 Å². The van der Waals surface area contributed by atoms with Gasteiger partial charge in [-0.05, 0) is 5.56 Å². The summed E-state index contributed by atoms with van der Waals surface area (Å²) >= 11 is 0. The molecule has 17 heavy (non-hydrogen) atoms. The number of hydrogen-bond acceptors (Lipinski definition) is 3. The zero-order chi connectivity index (χ0) is 12.3. The van der Waals surface area contributed by atoms with E-state index in [1.807, 2.05) is 35.2 Å². The first kappa shape index (κ1) is 11.8. The van der Waals surface area contributed by atoms with Gasteiger partial charge in [-0.2, -0.15) is 0 Å². The molecule has 0 bridgehead atoms. The van der Waals surface area contributed by atoms with Crippen LogP contribution in [0, 0.1) is 5.92 Å². The lowest BCUT2D eigenvalue weighted by Gasteiger charge is -2.29. The molecule has 1 aromatic rings. The first-order chi connectivity index (χ1) is 8.16. The summed E-state index contributed by atoms with van der Waals surface area (Å²) in [6, 6.07) is 9.87. The zero-order valence-corrected chi connectivity index (χ0v) is 9.50.